The summed E-state index contributed by atoms with van der Waals surface area (Å²) in [6.07, 6.45) is 4.05. The van der Waals surface area contributed by atoms with Crippen LogP contribution in [0, 0.1) is 11.8 Å². The molecule has 2 aliphatic rings. The smallest absolute Gasteiger partial charge is 0.407 e. The molecule has 2 heterocycles. The summed E-state index contributed by atoms with van der Waals surface area (Å²) in [4.78, 5) is 59.5. The molecule has 4 aromatic rings. The average Bonchev–Trinajstić information content (AvgIpc) is 3.65. The Morgan fingerprint density at radius 1 is 1.04 bits per heavy atom. The van der Waals surface area contributed by atoms with Crippen LogP contribution in [-0.2, 0) is 26.0 Å². The molecule has 0 spiro atoms. The summed E-state index contributed by atoms with van der Waals surface area (Å²) in [5.41, 5.74) is 0.666. The monoisotopic (exact) mass is 807 g/mol. The van der Waals surface area contributed by atoms with E-state index in [4.69, 9.17) is 21.1 Å². The number of hydrogen-bond donors (Lipinski definition) is 3. The molecule has 14 nitrogen and oxygen atoms in total. The molecule has 5 amide bonds. The number of aromatic hydroxyl groups is 1. The summed E-state index contributed by atoms with van der Waals surface area (Å²) < 4.78 is 41.3. The van der Waals surface area contributed by atoms with Gasteiger partial charge in [-0.15, -0.1) is 0 Å². The number of nitrogens with zero attached hydrogens (tertiary/aromatic N) is 3. The fraction of sp³-hybridized carbons (Fsp3) is 0.400. The summed E-state index contributed by atoms with van der Waals surface area (Å²) in [5.74, 6) is -1.30. The fourth-order valence-electron chi connectivity index (χ4n) is 7.26. The van der Waals surface area contributed by atoms with Gasteiger partial charge in [-0.2, -0.15) is 0 Å². The van der Waals surface area contributed by atoms with Crippen molar-refractivity contribution in [1.29, 1.82) is 0 Å². The van der Waals surface area contributed by atoms with E-state index in [1.165, 1.54) is 49.3 Å². The van der Waals surface area contributed by atoms with Crippen molar-refractivity contribution in [1.82, 2.24) is 24.4 Å². The topological polar surface area (TPSA) is 179 Å². The number of benzene rings is 3. The number of rotatable bonds is 11. The number of carbonyl (C=O) groups excluding carboxylic acids is 4. The largest absolute Gasteiger partial charge is 0.506 e. The van der Waals surface area contributed by atoms with Gasteiger partial charge in [0.05, 0.1) is 15.5 Å². The fourth-order valence-corrected chi connectivity index (χ4v) is 8.96. The third-order valence-electron chi connectivity index (χ3n) is 9.90. The van der Waals surface area contributed by atoms with Gasteiger partial charge in [0.15, 0.2) is 0 Å². The van der Waals surface area contributed by atoms with Gasteiger partial charge < -0.3 is 29.8 Å². The van der Waals surface area contributed by atoms with Crippen molar-refractivity contribution in [2.24, 2.45) is 11.8 Å². The molecule has 56 heavy (non-hydrogen) atoms. The minimum atomic E-state index is -4.76. The minimum Gasteiger partial charge on any atom is -0.506 e. The van der Waals surface area contributed by atoms with Crippen LogP contribution in [-0.4, -0.2) is 95.4 Å². The van der Waals surface area contributed by atoms with E-state index in [0.717, 1.165) is 34.7 Å². The molecule has 1 aliphatic carbocycles. The summed E-state index contributed by atoms with van der Waals surface area (Å²) >= 11 is 6.06. The summed E-state index contributed by atoms with van der Waals surface area (Å²) in [6, 6.07) is 12.7. The van der Waals surface area contributed by atoms with Gasteiger partial charge in [-0.25, -0.2) is 22.3 Å². The molecular weight excluding hydrogens is 762 g/mol. The molecule has 1 aliphatic heterocycles. The lowest BCUT2D eigenvalue weighted by atomic mass is 9.81. The van der Waals surface area contributed by atoms with Crippen molar-refractivity contribution >= 4 is 56.5 Å². The zero-order chi connectivity index (χ0) is 40.5. The molecule has 1 saturated carbocycles. The second-order valence-electron chi connectivity index (χ2n) is 15.5. The lowest BCUT2D eigenvalue weighted by molar-refractivity contribution is -0.128. The lowest BCUT2D eigenvalue weighted by Gasteiger charge is -2.31. The third-order valence-corrected chi connectivity index (χ3v) is 12.0. The molecule has 0 radical (unpaired) electrons. The van der Waals surface area contributed by atoms with Crippen LogP contribution in [0.3, 0.4) is 0 Å². The summed E-state index contributed by atoms with van der Waals surface area (Å²) in [7, 11) is -1.77. The number of aromatic amines is 1. The number of fused-ring (bicyclic) bond motifs is 1. The van der Waals surface area contributed by atoms with Crippen LogP contribution in [0.4, 0.5) is 9.59 Å². The molecule has 0 bridgehead atoms. The second-order valence-corrected chi connectivity index (χ2v) is 17.7. The van der Waals surface area contributed by atoms with E-state index in [0.29, 0.717) is 29.3 Å². The number of sulfonamides is 1. The van der Waals surface area contributed by atoms with Gasteiger partial charge >= 0.3 is 12.1 Å². The Hall–Kier alpha value is -5.28. The number of nitrogens with one attached hydrogen (secondary N) is 2. The molecule has 16 heteroatoms. The van der Waals surface area contributed by atoms with Gasteiger partial charge in [0.1, 0.15) is 28.9 Å². The van der Waals surface area contributed by atoms with Crippen LogP contribution < -0.4 is 10.1 Å². The van der Waals surface area contributed by atoms with E-state index in [1.807, 2.05) is 24.3 Å². The number of phenols is 1. The number of alkyl carbamates (subject to hydrolysis) is 1. The Morgan fingerprint density at radius 3 is 2.48 bits per heavy atom. The van der Waals surface area contributed by atoms with Crippen molar-refractivity contribution in [3.63, 3.8) is 0 Å². The number of halogens is 1. The van der Waals surface area contributed by atoms with Crippen LogP contribution in [0.2, 0.25) is 5.02 Å². The van der Waals surface area contributed by atoms with E-state index < -0.39 is 50.5 Å². The van der Waals surface area contributed by atoms with E-state index >= 15 is 0 Å². The first-order valence-corrected chi connectivity index (χ1v) is 20.2. The number of amides is 5. The molecule has 0 unspecified atom stereocenters. The zero-order valence-electron chi connectivity index (χ0n) is 31.9. The van der Waals surface area contributed by atoms with Crippen LogP contribution in [0.15, 0.2) is 71.8 Å². The highest BCUT2D eigenvalue weighted by Crippen LogP contribution is 2.37. The number of phenolic OH excluding ortho intramolecular Hbond substituents is 1. The number of urea groups is 1. The van der Waals surface area contributed by atoms with Gasteiger partial charge in [0, 0.05) is 56.8 Å². The number of ether oxygens (including phenoxy) is 2. The highest BCUT2D eigenvalue weighted by molar-refractivity contribution is 7.89. The highest BCUT2D eigenvalue weighted by Gasteiger charge is 2.52. The first kappa shape index (κ1) is 40.4. The van der Waals surface area contributed by atoms with Gasteiger partial charge in [-0.05, 0) is 93.8 Å². The molecule has 3 atom stereocenters. The van der Waals surface area contributed by atoms with E-state index in [1.54, 1.807) is 27.0 Å². The van der Waals surface area contributed by atoms with Gasteiger partial charge in [0.25, 0.3) is 21.8 Å². The normalized spacial score (nSPS) is 19.0. The first-order valence-electron chi connectivity index (χ1n) is 18.4. The maximum Gasteiger partial charge on any atom is 0.407 e. The average molecular weight is 808 g/mol. The third kappa shape index (κ3) is 8.73. The van der Waals surface area contributed by atoms with Crippen LogP contribution in [0.25, 0.3) is 10.9 Å². The maximum absolute atomic E-state index is 14.7. The molecule has 2 fully saturated rings. The van der Waals surface area contributed by atoms with Crippen molar-refractivity contribution in [2.45, 2.75) is 69.4 Å². The number of imide groups is 1. The SMILES string of the molecule is CN(C)C(=O)c1cc(S(=O)(=O)N2C(=O)N(C[C@@H]3CCC[C@H](CNC(=O)OC(C)(C)C)C3)C(=O)[C@@H]2Cc2c[nH]c3ccccc23)ccc1Oc1ccc(O)c(Cl)c1. The van der Waals surface area contributed by atoms with Crippen LogP contribution >= 0.6 is 11.6 Å². The van der Waals surface area contributed by atoms with Crippen molar-refractivity contribution in [3.05, 3.63) is 83.0 Å². The predicted molar refractivity (Wildman–Crippen MR) is 209 cm³/mol. The highest BCUT2D eigenvalue weighted by atomic mass is 35.5. The van der Waals surface area contributed by atoms with Gasteiger partial charge in [-0.1, -0.05) is 36.2 Å². The number of H-pyrrole nitrogens is 1. The molecule has 1 aromatic heterocycles. The Kier molecular flexibility index (Phi) is 11.6. The lowest BCUT2D eigenvalue weighted by Crippen LogP contribution is -2.42. The van der Waals surface area contributed by atoms with Gasteiger partial charge in [-0.3, -0.25) is 14.5 Å². The molecule has 1 saturated heterocycles. The molecule has 298 valence electrons. The Morgan fingerprint density at radius 2 is 1.77 bits per heavy atom. The van der Waals surface area contributed by atoms with Crippen LogP contribution in [0.1, 0.15) is 62.4 Å². The Bertz CT molecular complexity index is 2270. The van der Waals surface area contributed by atoms with E-state index in [-0.39, 0.29) is 52.6 Å². The molecule has 3 N–H and O–H groups in total. The quantitative estimate of drug-likeness (QED) is 0.136. The van der Waals surface area contributed by atoms with E-state index in [9.17, 15) is 32.7 Å². The molecule has 6 rings (SSSR count). The Labute approximate surface area is 330 Å². The van der Waals surface area contributed by atoms with Crippen molar-refractivity contribution in [3.8, 4) is 17.2 Å². The molecule has 3 aromatic carbocycles. The van der Waals surface area contributed by atoms with Gasteiger partial charge in [0.2, 0.25) is 0 Å². The van der Waals surface area contributed by atoms with Crippen LogP contribution in [0.5, 0.6) is 17.2 Å². The first-order chi connectivity index (χ1) is 26.4. The second kappa shape index (κ2) is 16.1. The predicted octanol–water partition coefficient (Wildman–Crippen LogP) is 6.92. The minimum absolute atomic E-state index is 0.00166. The maximum atomic E-state index is 14.7. The summed E-state index contributed by atoms with van der Waals surface area (Å²) in [6.45, 7) is 5.72. The number of para-hydroxylation sites is 1. The van der Waals surface area contributed by atoms with E-state index in [2.05, 4.69) is 10.3 Å². The summed E-state index contributed by atoms with van der Waals surface area (Å²) in [5, 5.41) is 13.5. The van der Waals surface area contributed by atoms with Crippen molar-refractivity contribution < 1.29 is 42.2 Å². The standard InChI is InChI=1S/C40H46ClN5O9S/c1-40(2,3)55-38(50)43-21-24-9-8-10-25(17-24)23-45-37(49)33(18-26-22-42-32-12-7-6-11-29(26)32)46(39(45)51)56(52,53)28-14-16-35(30(20-28)36(48)44(4)5)54-27-13-15-34(47)31(41)19-27/h6-7,11-16,19-20,22,24-25,33,42,47H,8-10,17-18,21,23H2,1-5H3,(H,43,50)/t24-,25+,33-/m0/s1. The molecular formula is C40H46ClN5O9S. The zero-order valence-corrected chi connectivity index (χ0v) is 33.4. The number of aromatic nitrogens is 1. The number of hydrogen-bond acceptors (Lipinski definition) is 9. The number of carbonyl (C=O) groups is 4. The Balaban J connectivity index is 1.31. The van der Waals surface area contributed by atoms with Crippen molar-refractivity contribution in [2.75, 3.05) is 27.2 Å².